The molecule has 27 heavy (non-hydrogen) atoms. The summed E-state index contributed by atoms with van der Waals surface area (Å²) in [5.41, 5.74) is 0.401. The topological polar surface area (TPSA) is 105 Å². The van der Waals surface area contributed by atoms with Gasteiger partial charge in [-0.15, -0.1) is 0 Å². The van der Waals surface area contributed by atoms with Crippen molar-refractivity contribution < 1.29 is 22.7 Å². The second-order valence-corrected chi connectivity index (χ2v) is 7.52. The summed E-state index contributed by atoms with van der Waals surface area (Å²) in [5, 5.41) is 9.04. The van der Waals surface area contributed by atoms with Crippen LogP contribution in [0, 0.1) is 5.95 Å². The van der Waals surface area contributed by atoms with Gasteiger partial charge in [-0.25, -0.2) is 22.2 Å². The Kier molecular flexibility index (Phi) is 4.91. The number of pyridine rings is 2. The third-order valence-electron chi connectivity index (χ3n) is 3.82. The van der Waals surface area contributed by atoms with Crippen LogP contribution in [0.15, 0.2) is 60.0 Å². The lowest BCUT2D eigenvalue weighted by molar-refractivity contribution is 0.154. The van der Waals surface area contributed by atoms with Crippen LogP contribution in [0.1, 0.15) is 5.56 Å². The number of amides is 1. The van der Waals surface area contributed by atoms with Gasteiger partial charge in [-0.2, -0.15) is 4.39 Å². The monoisotopic (exact) mass is 390 g/mol. The maximum atomic E-state index is 14.2. The van der Waals surface area contributed by atoms with Crippen molar-refractivity contribution in [1.82, 2.24) is 18.8 Å². The minimum atomic E-state index is -4.08. The molecule has 0 aliphatic rings. The largest absolute Gasteiger partial charge is 0.465 e. The first kappa shape index (κ1) is 18.5. The number of aromatic nitrogens is 3. The van der Waals surface area contributed by atoms with E-state index < -0.39 is 22.1 Å². The van der Waals surface area contributed by atoms with Gasteiger partial charge >= 0.3 is 6.09 Å². The lowest BCUT2D eigenvalue weighted by atomic mass is 10.2. The van der Waals surface area contributed by atoms with E-state index in [0.717, 1.165) is 8.87 Å². The molecule has 0 unspecified atom stereocenters. The molecule has 1 amide bonds. The van der Waals surface area contributed by atoms with E-state index in [1.807, 2.05) is 0 Å². The van der Waals surface area contributed by atoms with Gasteiger partial charge < -0.3 is 10.0 Å². The fraction of sp³-hybridized carbons (Fsp3) is 0.118. The van der Waals surface area contributed by atoms with E-state index in [4.69, 9.17) is 5.11 Å². The van der Waals surface area contributed by atoms with Crippen LogP contribution in [-0.4, -0.2) is 45.5 Å². The van der Waals surface area contributed by atoms with Crippen LogP contribution in [0.2, 0.25) is 0 Å². The van der Waals surface area contributed by atoms with Crippen LogP contribution >= 0.6 is 0 Å². The van der Waals surface area contributed by atoms with Gasteiger partial charge in [0.25, 0.3) is 10.0 Å². The number of nitrogens with zero attached hydrogens (tertiary/aromatic N) is 4. The molecule has 3 heterocycles. The zero-order valence-electron chi connectivity index (χ0n) is 14.2. The van der Waals surface area contributed by atoms with Crippen molar-refractivity contribution in [2.45, 2.75) is 11.4 Å². The van der Waals surface area contributed by atoms with Crippen molar-refractivity contribution in [2.75, 3.05) is 7.05 Å². The van der Waals surface area contributed by atoms with Gasteiger partial charge in [0.2, 0.25) is 5.95 Å². The summed E-state index contributed by atoms with van der Waals surface area (Å²) in [7, 11) is -2.73. The summed E-state index contributed by atoms with van der Waals surface area (Å²) in [4.78, 5) is 19.3. The average Bonchev–Trinajstić information content (AvgIpc) is 3.07. The number of hydrogen-bond acceptors (Lipinski definition) is 5. The molecule has 8 nitrogen and oxygen atoms in total. The molecule has 0 fully saturated rings. The number of halogens is 1. The SMILES string of the molecule is CN(Cc1cc(-c2cccnc2F)n(S(=O)(=O)c2cccnc2)c1)C(=O)O. The van der Waals surface area contributed by atoms with Gasteiger partial charge in [0.15, 0.2) is 0 Å². The number of rotatable bonds is 5. The molecule has 0 atom stereocenters. The molecule has 0 spiro atoms. The van der Waals surface area contributed by atoms with Crippen LogP contribution in [-0.2, 0) is 16.6 Å². The van der Waals surface area contributed by atoms with Crippen molar-refractivity contribution >= 4 is 16.1 Å². The fourth-order valence-electron chi connectivity index (χ4n) is 2.51. The standard InChI is InChI=1S/C17H15FN4O4S/c1-21(17(23)24)10-12-8-15(14-5-3-7-20-16(14)18)22(11-12)27(25,26)13-4-2-6-19-9-13/h2-9,11H,10H2,1H3,(H,23,24). The molecule has 3 aromatic heterocycles. The Labute approximate surface area is 154 Å². The summed E-state index contributed by atoms with van der Waals surface area (Å²) in [6.07, 6.45) is 3.96. The highest BCUT2D eigenvalue weighted by molar-refractivity contribution is 7.90. The predicted octanol–water partition coefficient (Wildman–Crippen LogP) is 2.43. The Balaban J connectivity index is 2.18. The molecule has 0 saturated heterocycles. The normalized spacial score (nSPS) is 11.3. The van der Waals surface area contributed by atoms with Gasteiger partial charge in [-0.1, -0.05) is 0 Å². The Morgan fingerprint density at radius 3 is 2.67 bits per heavy atom. The van der Waals surface area contributed by atoms with Crippen LogP contribution in [0.5, 0.6) is 0 Å². The molecule has 10 heteroatoms. The van der Waals surface area contributed by atoms with Gasteiger partial charge in [0.1, 0.15) is 4.90 Å². The van der Waals surface area contributed by atoms with E-state index in [9.17, 15) is 17.6 Å². The zero-order valence-corrected chi connectivity index (χ0v) is 15.0. The molecule has 3 aromatic rings. The van der Waals surface area contributed by atoms with Crippen LogP contribution in [0.25, 0.3) is 11.3 Å². The van der Waals surface area contributed by atoms with Gasteiger partial charge in [-0.3, -0.25) is 4.98 Å². The molecule has 0 bridgehead atoms. The Hall–Kier alpha value is -3.27. The first-order valence-electron chi connectivity index (χ1n) is 7.72. The second kappa shape index (κ2) is 7.16. The van der Waals surface area contributed by atoms with Crippen molar-refractivity contribution in [1.29, 1.82) is 0 Å². The summed E-state index contributed by atoms with van der Waals surface area (Å²) in [5.74, 6) is -0.837. The molecule has 140 valence electrons. The maximum Gasteiger partial charge on any atom is 0.407 e. The fourth-order valence-corrected chi connectivity index (χ4v) is 3.87. The van der Waals surface area contributed by atoms with Gasteiger partial charge in [0.05, 0.1) is 17.8 Å². The third kappa shape index (κ3) is 3.65. The third-order valence-corrected chi connectivity index (χ3v) is 5.47. The smallest absolute Gasteiger partial charge is 0.407 e. The van der Waals surface area contributed by atoms with E-state index in [1.165, 1.54) is 62.2 Å². The summed E-state index contributed by atoms with van der Waals surface area (Å²) >= 11 is 0. The first-order chi connectivity index (χ1) is 12.8. The van der Waals surface area contributed by atoms with Crippen LogP contribution < -0.4 is 0 Å². The van der Waals surface area contributed by atoms with E-state index >= 15 is 0 Å². The highest BCUT2D eigenvalue weighted by atomic mass is 32.2. The first-order valence-corrected chi connectivity index (χ1v) is 9.16. The summed E-state index contributed by atoms with van der Waals surface area (Å²) in [6, 6.07) is 7.15. The summed E-state index contributed by atoms with van der Waals surface area (Å²) in [6.45, 7) is -0.0697. The van der Waals surface area contributed by atoms with Crippen molar-refractivity contribution in [2.24, 2.45) is 0 Å². The van der Waals surface area contributed by atoms with Crippen molar-refractivity contribution in [3.63, 3.8) is 0 Å². The Morgan fingerprint density at radius 2 is 2.04 bits per heavy atom. The highest BCUT2D eigenvalue weighted by Gasteiger charge is 2.24. The molecule has 0 saturated carbocycles. The molecule has 3 rings (SSSR count). The van der Waals surface area contributed by atoms with E-state index in [1.54, 1.807) is 0 Å². The Morgan fingerprint density at radius 1 is 1.30 bits per heavy atom. The highest BCUT2D eigenvalue weighted by Crippen LogP contribution is 2.28. The summed E-state index contributed by atoms with van der Waals surface area (Å²) < 4.78 is 41.2. The predicted molar refractivity (Wildman–Crippen MR) is 93.9 cm³/mol. The van der Waals surface area contributed by atoms with E-state index in [-0.39, 0.29) is 22.7 Å². The minimum Gasteiger partial charge on any atom is -0.465 e. The molecule has 0 aromatic carbocycles. The number of carboxylic acid groups (broad SMARTS) is 1. The van der Waals surface area contributed by atoms with Gasteiger partial charge in [-0.05, 0) is 35.9 Å². The quantitative estimate of drug-likeness (QED) is 0.671. The average molecular weight is 390 g/mol. The molecule has 0 aliphatic carbocycles. The van der Waals surface area contributed by atoms with Crippen LogP contribution in [0.3, 0.4) is 0 Å². The Bertz CT molecular complexity index is 1080. The lowest BCUT2D eigenvalue weighted by Gasteiger charge is -2.11. The van der Waals surface area contributed by atoms with Crippen molar-refractivity contribution in [3.05, 3.63) is 66.6 Å². The molecule has 1 N–H and O–H groups in total. The zero-order chi connectivity index (χ0) is 19.6. The number of hydrogen-bond donors (Lipinski definition) is 1. The second-order valence-electron chi connectivity index (χ2n) is 5.70. The van der Waals surface area contributed by atoms with E-state index in [2.05, 4.69) is 9.97 Å². The molecular weight excluding hydrogens is 375 g/mol. The molecule has 0 aliphatic heterocycles. The molecular formula is C17H15FN4O4S. The van der Waals surface area contributed by atoms with Gasteiger partial charge in [0, 0.05) is 31.8 Å². The maximum absolute atomic E-state index is 14.2. The lowest BCUT2D eigenvalue weighted by Crippen LogP contribution is -2.23. The molecule has 0 radical (unpaired) electrons. The minimum absolute atomic E-state index is 0.0193. The van der Waals surface area contributed by atoms with E-state index in [0.29, 0.717) is 5.56 Å². The van der Waals surface area contributed by atoms with Crippen LogP contribution in [0.4, 0.5) is 9.18 Å². The number of carbonyl (C=O) groups is 1. The van der Waals surface area contributed by atoms with Crippen molar-refractivity contribution in [3.8, 4) is 11.3 Å².